The topological polar surface area (TPSA) is 38.3 Å². The molecule has 1 N–H and O–H groups in total. The summed E-state index contributed by atoms with van der Waals surface area (Å²) >= 11 is 12.2. The maximum Gasteiger partial charge on any atom is 0.220 e. The van der Waals surface area contributed by atoms with Crippen LogP contribution in [0.5, 0.6) is 5.75 Å². The maximum absolute atomic E-state index is 12.1. The van der Waals surface area contributed by atoms with Gasteiger partial charge in [-0.3, -0.25) is 4.79 Å². The first-order chi connectivity index (χ1) is 11.5. The molecule has 0 heterocycles. The first-order valence-electron chi connectivity index (χ1n) is 7.87. The van der Waals surface area contributed by atoms with E-state index in [1.807, 2.05) is 38.1 Å². The minimum Gasteiger partial charge on any atom is -0.491 e. The highest BCUT2D eigenvalue weighted by atomic mass is 35.5. The Balaban J connectivity index is 1.76. The molecule has 0 aliphatic carbocycles. The lowest BCUT2D eigenvalue weighted by atomic mass is 10.1. The number of hydrogen-bond donors (Lipinski definition) is 1. The molecular formula is C19H21Cl2NO2. The summed E-state index contributed by atoms with van der Waals surface area (Å²) in [6, 6.07) is 13.1. The van der Waals surface area contributed by atoms with Gasteiger partial charge in [-0.2, -0.15) is 0 Å². The second kappa shape index (κ2) is 8.95. The van der Waals surface area contributed by atoms with Crippen molar-refractivity contribution in [2.24, 2.45) is 0 Å². The lowest BCUT2D eigenvalue weighted by Gasteiger charge is -2.15. The van der Waals surface area contributed by atoms with Gasteiger partial charge in [-0.05, 0) is 50.1 Å². The summed E-state index contributed by atoms with van der Waals surface area (Å²) in [7, 11) is 0. The number of hydrogen-bond acceptors (Lipinski definition) is 2. The number of nitrogens with one attached hydrogen (secondary N) is 1. The first kappa shape index (κ1) is 18.6. The molecule has 2 aromatic carbocycles. The number of aryl methyl sites for hydroxylation is 1. The van der Waals surface area contributed by atoms with Crippen molar-refractivity contribution in [2.45, 2.75) is 32.7 Å². The average Bonchev–Trinajstić information content (AvgIpc) is 2.54. The van der Waals surface area contributed by atoms with Gasteiger partial charge in [0.25, 0.3) is 0 Å². The van der Waals surface area contributed by atoms with E-state index >= 15 is 0 Å². The molecule has 1 atom stereocenters. The summed E-state index contributed by atoms with van der Waals surface area (Å²) in [6.07, 6.45) is 0.841. The molecule has 2 rings (SSSR count). The van der Waals surface area contributed by atoms with Gasteiger partial charge in [0.15, 0.2) is 0 Å². The number of rotatable bonds is 7. The average molecular weight is 366 g/mol. The van der Waals surface area contributed by atoms with Crippen LogP contribution >= 0.6 is 23.2 Å². The van der Waals surface area contributed by atoms with E-state index in [2.05, 4.69) is 5.32 Å². The fourth-order valence-electron chi connectivity index (χ4n) is 2.25. The highest BCUT2D eigenvalue weighted by Gasteiger charge is 2.11. The van der Waals surface area contributed by atoms with Crippen molar-refractivity contribution in [2.75, 3.05) is 6.61 Å². The highest BCUT2D eigenvalue weighted by molar-refractivity contribution is 6.36. The summed E-state index contributed by atoms with van der Waals surface area (Å²) in [5.74, 6) is 0.746. The van der Waals surface area contributed by atoms with Crippen LogP contribution < -0.4 is 10.1 Å². The molecule has 0 saturated carbocycles. The summed E-state index contributed by atoms with van der Waals surface area (Å²) in [4.78, 5) is 12.1. The van der Waals surface area contributed by atoms with Gasteiger partial charge in [0, 0.05) is 16.5 Å². The van der Waals surface area contributed by atoms with Gasteiger partial charge < -0.3 is 10.1 Å². The van der Waals surface area contributed by atoms with Gasteiger partial charge in [-0.1, -0.05) is 47.0 Å². The SMILES string of the molecule is Cc1ccc(OCC(C)NC(=O)CCc2c(Cl)cccc2Cl)cc1. The van der Waals surface area contributed by atoms with Crippen LogP contribution in [-0.2, 0) is 11.2 Å². The Morgan fingerprint density at radius 3 is 2.38 bits per heavy atom. The second-order valence-corrected chi connectivity index (χ2v) is 6.61. The number of ether oxygens (including phenoxy) is 1. The van der Waals surface area contributed by atoms with Crippen LogP contribution in [0.4, 0.5) is 0 Å². The van der Waals surface area contributed by atoms with Crippen molar-refractivity contribution in [3.8, 4) is 5.75 Å². The van der Waals surface area contributed by atoms with Gasteiger partial charge >= 0.3 is 0 Å². The number of amides is 1. The van der Waals surface area contributed by atoms with Crippen LogP contribution in [0.25, 0.3) is 0 Å². The Labute approximate surface area is 152 Å². The minimum atomic E-state index is -0.0829. The molecule has 5 heteroatoms. The summed E-state index contributed by atoms with van der Waals surface area (Å²) in [5.41, 5.74) is 1.99. The predicted molar refractivity (Wildman–Crippen MR) is 99.1 cm³/mol. The number of benzene rings is 2. The van der Waals surface area contributed by atoms with Gasteiger partial charge in [-0.25, -0.2) is 0 Å². The lowest BCUT2D eigenvalue weighted by Crippen LogP contribution is -2.36. The molecule has 0 bridgehead atoms. The third-order valence-corrected chi connectivity index (χ3v) is 4.30. The summed E-state index contributed by atoms with van der Waals surface area (Å²) in [6.45, 7) is 4.36. The van der Waals surface area contributed by atoms with Crippen LogP contribution in [0.15, 0.2) is 42.5 Å². The highest BCUT2D eigenvalue weighted by Crippen LogP contribution is 2.25. The van der Waals surface area contributed by atoms with E-state index in [4.69, 9.17) is 27.9 Å². The normalized spacial score (nSPS) is 11.8. The molecule has 3 nitrogen and oxygen atoms in total. The molecule has 0 spiro atoms. The van der Waals surface area contributed by atoms with Crippen molar-refractivity contribution in [1.29, 1.82) is 0 Å². The van der Waals surface area contributed by atoms with Gasteiger partial charge in [0.1, 0.15) is 12.4 Å². The van der Waals surface area contributed by atoms with E-state index < -0.39 is 0 Å². The fourth-order valence-corrected chi connectivity index (χ4v) is 2.84. The molecule has 1 unspecified atom stereocenters. The Morgan fingerprint density at radius 1 is 1.12 bits per heavy atom. The van der Waals surface area contributed by atoms with Gasteiger partial charge in [0.2, 0.25) is 5.91 Å². The molecule has 0 fully saturated rings. The number of carbonyl (C=O) groups excluding carboxylic acids is 1. The predicted octanol–water partition coefficient (Wildman–Crippen LogP) is 4.82. The molecule has 0 radical (unpaired) electrons. The standard InChI is InChI=1S/C19H21Cl2NO2/c1-13-6-8-15(9-7-13)24-12-14(2)22-19(23)11-10-16-17(20)4-3-5-18(16)21/h3-9,14H,10-12H2,1-2H3,(H,22,23). The maximum atomic E-state index is 12.1. The molecule has 2 aromatic rings. The second-order valence-electron chi connectivity index (χ2n) is 5.79. The van der Waals surface area contributed by atoms with Crippen LogP contribution in [0.3, 0.4) is 0 Å². The van der Waals surface area contributed by atoms with Crippen LogP contribution in [0, 0.1) is 6.92 Å². The molecule has 1 amide bonds. The van der Waals surface area contributed by atoms with Crippen molar-refractivity contribution < 1.29 is 9.53 Å². The Kier molecular flexibility index (Phi) is 6.95. The third kappa shape index (κ3) is 5.73. The number of halogens is 2. The third-order valence-electron chi connectivity index (χ3n) is 3.59. The van der Waals surface area contributed by atoms with E-state index in [1.165, 1.54) is 5.56 Å². The Bertz CT molecular complexity index is 666. The largest absolute Gasteiger partial charge is 0.491 e. The molecule has 0 saturated heterocycles. The minimum absolute atomic E-state index is 0.0500. The zero-order chi connectivity index (χ0) is 17.5. The zero-order valence-electron chi connectivity index (χ0n) is 13.8. The zero-order valence-corrected chi connectivity index (χ0v) is 15.3. The molecule has 128 valence electrons. The monoisotopic (exact) mass is 365 g/mol. The van der Waals surface area contributed by atoms with E-state index in [1.54, 1.807) is 18.2 Å². The summed E-state index contributed by atoms with van der Waals surface area (Å²) < 4.78 is 5.67. The van der Waals surface area contributed by atoms with E-state index in [9.17, 15) is 4.79 Å². The fraction of sp³-hybridized carbons (Fsp3) is 0.316. The van der Waals surface area contributed by atoms with Gasteiger partial charge in [0.05, 0.1) is 6.04 Å². The molecule has 24 heavy (non-hydrogen) atoms. The van der Waals surface area contributed by atoms with Gasteiger partial charge in [-0.15, -0.1) is 0 Å². The van der Waals surface area contributed by atoms with Crippen LogP contribution in [0.2, 0.25) is 10.0 Å². The van der Waals surface area contributed by atoms with Crippen molar-refractivity contribution in [1.82, 2.24) is 5.32 Å². The van der Waals surface area contributed by atoms with Crippen LogP contribution in [0.1, 0.15) is 24.5 Å². The van der Waals surface area contributed by atoms with Crippen molar-refractivity contribution in [3.63, 3.8) is 0 Å². The molecule has 0 aliphatic heterocycles. The molecule has 0 aromatic heterocycles. The smallest absolute Gasteiger partial charge is 0.220 e. The van der Waals surface area contributed by atoms with Crippen LogP contribution in [-0.4, -0.2) is 18.6 Å². The first-order valence-corrected chi connectivity index (χ1v) is 8.63. The van der Waals surface area contributed by atoms with E-state index in [-0.39, 0.29) is 11.9 Å². The lowest BCUT2D eigenvalue weighted by molar-refractivity contribution is -0.121. The van der Waals surface area contributed by atoms with E-state index in [0.29, 0.717) is 29.5 Å². The molecular weight excluding hydrogens is 345 g/mol. The number of carbonyl (C=O) groups is 1. The Morgan fingerprint density at radius 2 is 1.75 bits per heavy atom. The van der Waals surface area contributed by atoms with E-state index in [0.717, 1.165) is 11.3 Å². The Hall–Kier alpha value is -1.71. The summed E-state index contributed by atoms with van der Waals surface area (Å²) in [5, 5.41) is 4.10. The quantitative estimate of drug-likeness (QED) is 0.763. The van der Waals surface area contributed by atoms with Crippen molar-refractivity contribution >= 4 is 29.1 Å². The molecule has 0 aliphatic rings. The van der Waals surface area contributed by atoms with Crippen molar-refractivity contribution in [3.05, 3.63) is 63.6 Å².